The van der Waals surface area contributed by atoms with Gasteiger partial charge in [-0.2, -0.15) is 0 Å². The molecule has 66 valence electrons. The molecule has 0 radical (unpaired) electrons. The van der Waals surface area contributed by atoms with Gasteiger partial charge in [-0.1, -0.05) is 0 Å². The minimum absolute atomic E-state index is 0.337. The maximum absolute atomic E-state index is 5.61. The molecule has 0 saturated carbocycles. The first-order valence-corrected chi connectivity index (χ1v) is 4.49. The van der Waals surface area contributed by atoms with Crippen LogP contribution in [0.4, 0.5) is 0 Å². The van der Waals surface area contributed by atoms with E-state index >= 15 is 0 Å². The number of hydrogen-bond acceptors (Lipinski definition) is 2. The fourth-order valence-corrected chi connectivity index (χ4v) is 1.63. The van der Waals surface area contributed by atoms with Crippen LogP contribution in [0.2, 0.25) is 0 Å². The first-order valence-electron chi connectivity index (χ1n) is 4.49. The minimum Gasteiger partial charge on any atom is -0.330 e. The SMILES string of the molecule is CC(C)(C)N1CC[C@@H](CN)C1. The van der Waals surface area contributed by atoms with Crippen LogP contribution < -0.4 is 5.73 Å². The predicted molar refractivity (Wildman–Crippen MR) is 48.5 cm³/mol. The molecule has 0 aliphatic carbocycles. The second kappa shape index (κ2) is 3.11. The van der Waals surface area contributed by atoms with Crippen LogP contribution in [0.1, 0.15) is 27.2 Å². The van der Waals surface area contributed by atoms with Crippen LogP contribution in [-0.2, 0) is 0 Å². The summed E-state index contributed by atoms with van der Waals surface area (Å²) in [7, 11) is 0. The second-order valence-corrected chi connectivity index (χ2v) is 4.51. The van der Waals surface area contributed by atoms with Gasteiger partial charge in [0.25, 0.3) is 0 Å². The first-order chi connectivity index (χ1) is 5.04. The normalized spacial score (nSPS) is 27.8. The molecule has 0 aromatic carbocycles. The van der Waals surface area contributed by atoms with Crippen molar-refractivity contribution in [3.8, 4) is 0 Å². The van der Waals surface area contributed by atoms with E-state index in [0.29, 0.717) is 5.54 Å². The number of rotatable bonds is 1. The zero-order chi connectivity index (χ0) is 8.48. The van der Waals surface area contributed by atoms with Crippen LogP contribution in [0.3, 0.4) is 0 Å². The van der Waals surface area contributed by atoms with E-state index < -0.39 is 0 Å². The smallest absolute Gasteiger partial charge is 0.0125 e. The Morgan fingerprint density at radius 1 is 1.45 bits per heavy atom. The van der Waals surface area contributed by atoms with E-state index in [1.807, 2.05) is 0 Å². The van der Waals surface area contributed by atoms with Crippen molar-refractivity contribution in [1.82, 2.24) is 4.90 Å². The van der Waals surface area contributed by atoms with Crippen molar-refractivity contribution in [2.45, 2.75) is 32.7 Å². The van der Waals surface area contributed by atoms with Gasteiger partial charge in [0.15, 0.2) is 0 Å². The summed E-state index contributed by atoms with van der Waals surface area (Å²) < 4.78 is 0. The summed E-state index contributed by atoms with van der Waals surface area (Å²) in [5, 5.41) is 0. The Labute approximate surface area is 69.8 Å². The molecular formula is C9H20N2. The highest BCUT2D eigenvalue weighted by molar-refractivity contribution is 4.84. The lowest BCUT2D eigenvalue weighted by Crippen LogP contribution is -2.39. The Balaban J connectivity index is 2.42. The summed E-state index contributed by atoms with van der Waals surface area (Å²) in [5.41, 5.74) is 5.95. The van der Waals surface area contributed by atoms with E-state index in [9.17, 15) is 0 Å². The summed E-state index contributed by atoms with van der Waals surface area (Å²) in [6.07, 6.45) is 1.29. The highest BCUT2D eigenvalue weighted by atomic mass is 15.2. The molecule has 1 atom stereocenters. The van der Waals surface area contributed by atoms with E-state index in [0.717, 1.165) is 12.5 Å². The Morgan fingerprint density at radius 2 is 2.09 bits per heavy atom. The molecule has 1 heterocycles. The van der Waals surface area contributed by atoms with Gasteiger partial charge >= 0.3 is 0 Å². The largest absolute Gasteiger partial charge is 0.330 e. The van der Waals surface area contributed by atoms with E-state index in [-0.39, 0.29) is 0 Å². The van der Waals surface area contributed by atoms with Crippen molar-refractivity contribution in [2.75, 3.05) is 19.6 Å². The molecule has 2 heteroatoms. The third-order valence-electron chi connectivity index (χ3n) is 2.57. The molecule has 1 saturated heterocycles. The molecule has 2 nitrogen and oxygen atoms in total. The van der Waals surface area contributed by atoms with E-state index in [1.165, 1.54) is 19.5 Å². The summed E-state index contributed by atoms with van der Waals surface area (Å²) in [6, 6.07) is 0. The molecule has 1 rings (SSSR count). The maximum atomic E-state index is 5.61. The maximum Gasteiger partial charge on any atom is 0.0125 e. The summed E-state index contributed by atoms with van der Waals surface area (Å²) in [5.74, 6) is 0.745. The lowest BCUT2D eigenvalue weighted by molar-refractivity contribution is 0.169. The van der Waals surface area contributed by atoms with Gasteiger partial charge < -0.3 is 5.73 Å². The van der Waals surface area contributed by atoms with Gasteiger partial charge in [-0.25, -0.2) is 0 Å². The van der Waals surface area contributed by atoms with Gasteiger partial charge in [-0.3, -0.25) is 4.90 Å². The van der Waals surface area contributed by atoms with Gasteiger partial charge in [0.05, 0.1) is 0 Å². The Bertz CT molecular complexity index is 126. The van der Waals surface area contributed by atoms with Gasteiger partial charge in [-0.15, -0.1) is 0 Å². The highest BCUT2D eigenvalue weighted by Crippen LogP contribution is 2.23. The molecule has 0 unspecified atom stereocenters. The second-order valence-electron chi connectivity index (χ2n) is 4.51. The third-order valence-corrected chi connectivity index (χ3v) is 2.57. The van der Waals surface area contributed by atoms with Crippen LogP contribution in [0.15, 0.2) is 0 Å². The van der Waals surface area contributed by atoms with Crippen molar-refractivity contribution in [3.05, 3.63) is 0 Å². The van der Waals surface area contributed by atoms with Crippen LogP contribution >= 0.6 is 0 Å². The van der Waals surface area contributed by atoms with Gasteiger partial charge in [0, 0.05) is 12.1 Å². The van der Waals surface area contributed by atoms with Crippen molar-refractivity contribution < 1.29 is 0 Å². The van der Waals surface area contributed by atoms with Crippen molar-refractivity contribution in [3.63, 3.8) is 0 Å². The molecule has 0 bridgehead atoms. The highest BCUT2D eigenvalue weighted by Gasteiger charge is 2.28. The molecule has 0 aromatic heterocycles. The Hall–Kier alpha value is -0.0800. The Kier molecular flexibility index (Phi) is 2.55. The summed E-state index contributed by atoms with van der Waals surface area (Å²) >= 11 is 0. The first kappa shape index (κ1) is 9.01. The Morgan fingerprint density at radius 3 is 2.36 bits per heavy atom. The average molecular weight is 156 g/mol. The lowest BCUT2D eigenvalue weighted by Gasteiger charge is -2.31. The quantitative estimate of drug-likeness (QED) is 0.615. The molecule has 1 fully saturated rings. The van der Waals surface area contributed by atoms with Gasteiger partial charge in [0.2, 0.25) is 0 Å². The summed E-state index contributed by atoms with van der Waals surface area (Å²) in [4.78, 5) is 2.52. The van der Waals surface area contributed by atoms with Crippen LogP contribution in [-0.4, -0.2) is 30.1 Å². The topological polar surface area (TPSA) is 29.3 Å². The molecular weight excluding hydrogens is 136 g/mol. The van der Waals surface area contributed by atoms with Crippen LogP contribution in [0.5, 0.6) is 0 Å². The minimum atomic E-state index is 0.337. The zero-order valence-corrected chi connectivity index (χ0v) is 7.93. The fraction of sp³-hybridized carbons (Fsp3) is 1.00. The van der Waals surface area contributed by atoms with Crippen molar-refractivity contribution in [2.24, 2.45) is 11.7 Å². The molecule has 0 amide bonds. The van der Waals surface area contributed by atoms with Gasteiger partial charge in [-0.05, 0) is 46.2 Å². The average Bonchev–Trinajstić information content (AvgIpc) is 2.32. The number of nitrogens with two attached hydrogens (primary N) is 1. The van der Waals surface area contributed by atoms with Crippen LogP contribution in [0, 0.1) is 5.92 Å². The van der Waals surface area contributed by atoms with Crippen molar-refractivity contribution in [1.29, 1.82) is 0 Å². The van der Waals surface area contributed by atoms with Gasteiger partial charge in [0.1, 0.15) is 0 Å². The summed E-state index contributed by atoms with van der Waals surface area (Å²) in [6.45, 7) is 10.1. The molecule has 0 aromatic rings. The number of likely N-dealkylation sites (tertiary alicyclic amines) is 1. The van der Waals surface area contributed by atoms with Crippen LogP contribution in [0.25, 0.3) is 0 Å². The molecule has 11 heavy (non-hydrogen) atoms. The number of nitrogens with zero attached hydrogens (tertiary/aromatic N) is 1. The van der Waals surface area contributed by atoms with Crippen molar-refractivity contribution >= 4 is 0 Å². The fourth-order valence-electron chi connectivity index (χ4n) is 1.63. The van der Waals surface area contributed by atoms with E-state index in [1.54, 1.807) is 0 Å². The van der Waals surface area contributed by atoms with E-state index in [4.69, 9.17) is 5.73 Å². The number of hydrogen-bond donors (Lipinski definition) is 1. The lowest BCUT2D eigenvalue weighted by atomic mass is 10.1. The molecule has 1 aliphatic heterocycles. The predicted octanol–water partition coefficient (Wildman–Crippen LogP) is 1.07. The standard InChI is InChI=1S/C9H20N2/c1-9(2,3)11-5-4-8(6-10)7-11/h8H,4-7,10H2,1-3H3/t8-/m0/s1. The zero-order valence-electron chi connectivity index (χ0n) is 7.93. The third kappa shape index (κ3) is 2.17. The molecule has 2 N–H and O–H groups in total. The molecule has 0 spiro atoms. The molecule has 1 aliphatic rings. The monoisotopic (exact) mass is 156 g/mol. The van der Waals surface area contributed by atoms with E-state index in [2.05, 4.69) is 25.7 Å².